The molecule has 0 aromatic heterocycles. The maximum absolute atomic E-state index is 6.00. The van der Waals surface area contributed by atoms with E-state index in [1.807, 2.05) is 0 Å². The number of allylic oxidation sites excluding steroid dienone is 4. The summed E-state index contributed by atoms with van der Waals surface area (Å²) in [5.41, 5.74) is 12.9. The van der Waals surface area contributed by atoms with Gasteiger partial charge < -0.3 is 51.5 Å². The van der Waals surface area contributed by atoms with Gasteiger partial charge in [0.15, 0.2) is 12.3 Å². The Balaban J connectivity index is 0.00000625. The molecule has 0 amide bonds. The van der Waals surface area contributed by atoms with Crippen LogP contribution in [0.4, 0.5) is 11.4 Å². The highest BCUT2D eigenvalue weighted by atomic mass is 35.5. The molecule has 4 rings (SSSR count). The zero-order chi connectivity index (χ0) is 33.5. The van der Waals surface area contributed by atoms with E-state index >= 15 is 0 Å². The summed E-state index contributed by atoms with van der Waals surface area (Å²) in [4.78, 5) is 2.40. The highest BCUT2D eigenvalue weighted by Gasteiger charge is 2.44. The van der Waals surface area contributed by atoms with Crippen LogP contribution in [0, 0.1) is 0 Å². The van der Waals surface area contributed by atoms with Crippen LogP contribution in [0.1, 0.15) is 38.8 Å². The van der Waals surface area contributed by atoms with Gasteiger partial charge >= 0.3 is 0 Å². The minimum Gasteiger partial charge on any atom is -1.00 e. The second-order valence-corrected chi connectivity index (χ2v) is 12.7. The van der Waals surface area contributed by atoms with E-state index in [0.29, 0.717) is 79.2 Å². The van der Waals surface area contributed by atoms with Crippen molar-refractivity contribution in [3.8, 4) is 0 Å². The highest BCUT2D eigenvalue weighted by molar-refractivity contribution is 6.03. The van der Waals surface area contributed by atoms with Crippen LogP contribution < -0.4 is 23.0 Å². The molecule has 10 heteroatoms. The molecule has 2 aromatic carbocycles. The summed E-state index contributed by atoms with van der Waals surface area (Å²) >= 11 is 0. The molecule has 0 atom stereocenters. The number of halogens is 1. The van der Waals surface area contributed by atoms with E-state index in [4.69, 9.17) is 34.2 Å². The molecule has 2 aliphatic rings. The second kappa shape index (κ2) is 20.2. The van der Waals surface area contributed by atoms with Crippen molar-refractivity contribution in [3.05, 3.63) is 83.6 Å². The standard InChI is InChI=1S/C38H56N3O6.ClH/c1-37(2)31-11-6-8-13-33(31)40(18-21-44-26-25-43-20-17-39)35(37)15-10-16-36-38(3,4)32-12-7-9-14-34(32)41(36)19-22-45-27-28-47-30-29-46-24-23-42-5;/h6-16H,17-30,39H2,1-5H3;1H/q+1;/p-1. The van der Waals surface area contributed by atoms with Gasteiger partial charge in [0.2, 0.25) is 5.69 Å². The van der Waals surface area contributed by atoms with Gasteiger partial charge in [-0.25, -0.2) is 0 Å². The van der Waals surface area contributed by atoms with Gasteiger partial charge in [0.1, 0.15) is 6.61 Å². The molecular formula is C38H56ClN3O6. The first-order chi connectivity index (χ1) is 22.8. The number of nitrogens with two attached hydrogens (primary N) is 1. The number of anilines is 1. The summed E-state index contributed by atoms with van der Waals surface area (Å²) in [7, 11) is 1.67. The van der Waals surface area contributed by atoms with Crippen molar-refractivity contribution in [3.63, 3.8) is 0 Å². The fourth-order valence-corrected chi connectivity index (χ4v) is 6.40. The zero-order valence-corrected chi connectivity index (χ0v) is 30.3. The van der Waals surface area contributed by atoms with Crippen LogP contribution in [0.15, 0.2) is 72.5 Å². The third-order valence-corrected chi connectivity index (χ3v) is 8.84. The zero-order valence-electron chi connectivity index (χ0n) is 29.5. The largest absolute Gasteiger partial charge is 1.00 e. The molecule has 0 saturated heterocycles. The Morgan fingerprint density at radius 2 is 1.25 bits per heavy atom. The topological polar surface area (TPSA) is 87.7 Å². The van der Waals surface area contributed by atoms with E-state index in [0.717, 1.165) is 13.1 Å². The molecule has 0 radical (unpaired) electrons. The van der Waals surface area contributed by atoms with Crippen LogP contribution >= 0.6 is 0 Å². The van der Waals surface area contributed by atoms with Gasteiger partial charge in [-0.2, -0.15) is 4.58 Å². The molecule has 0 unspecified atom stereocenters. The Bertz CT molecular complexity index is 1360. The van der Waals surface area contributed by atoms with Crippen LogP contribution in [0.2, 0.25) is 0 Å². The Kier molecular flexibility index (Phi) is 16.7. The van der Waals surface area contributed by atoms with Gasteiger partial charge in [-0.3, -0.25) is 0 Å². The molecule has 0 aliphatic carbocycles. The fourth-order valence-electron chi connectivity index (χ4n) is 6.40. The van der Waals surface area contributed by atoms with E-state index in [9.17, 15) is 0 Å². The SMILES string of the molecule is COCCOCCOCCOCCN1C(=CC=CC2=[N+](CCOCCOCCN)c3ccccc3C2(C)C)C(C)(C)c2ccccc21.[Cl-]. The van der Waals surface area contributed by atoms with Crippen LogP contribution in [0.25, 0.3) is 0 Å². The number of hydrogen-bond donors (Lipinski definition) is 1. The van der Waals surface area contributed by atoms with Gasteiger partial charge in [-0.05, 0) is 31.6 Å². The fraction of sp³-hybridized carbons (Fsp3) is 0.553. The number of rotatable bonds is 22. The van der Waals surface area contributed by atoms with Crippen LogP contribution in [-0.4, -0.2) is 110 Å². The lowest BCUT2D eigenvalue weighted by molar-refractivity contribution is -0.442. The molecule has 9 nitrogen and oxygen atoms in total. The molecular weight excluding hydrogens is 630 g/mol. The van der Waals surface area contributed by atoms with Crippen molar-refractivity contribution in [2.75, 3.05) is 104 Å². The van der Waals surface area contributed by atoms with Crippen molar-refractivity contribution in [1.29, 1.82) is 0 Å². The van der Waals surface area contributed by atoms with E-state index in [-0.39, 0.29) is 23.2 Å². The second-order valence-electron chi connectivity index (χ2n) is 12.7. The number of fused-ring (bicyclic) bond motifs is 2. The third kappa shape index (κ3) is 10.2. The monoisotopic (exact) mass is 685 g/mol. The Labute approximate surface area is 294 Å². The molecule has 0 bridgehead atoms. The average molecular weight is 686 g/mol. The van der Waals surface area contributed by atoms with Crippen LogP contribution in [0.5, 0.6) is 0 Å². The quantitative estimate of drug-likeness (QED) is 0.149. The van der Waals surface area contributed by atoms with Crippen molar-refractivity contribution >= 4 is 17.1 Å². The van der Waals surface area contributed by atoms with Gasteiger partial charge in [-0.1, -0.05) is 56.3 Å². The van der Waals surface area contributed by atoms with E-state index < -0.39 is 0 Å². The number of benzene rings is 2. The molecule has 0 spiro atoms. The summed E-state index contributed by atoms with van der Waals surface area (Å²) in [5.74, 6) is 0. The van der Waals surface area contributed by atoms with Gasteiger partial charge in [0.25, 0.3) is 0 Å². The van der Waals surface area contributed by atoms with Crippen LogP contribution in [0.3, 0.4) is 0 Å². The first-order valence-corrected chi connectivity index (χ1v) is 16.9. The number of nitrogens with zero attached hydrogens (tertiary/aromatic N) is 2. The predicted octanol–water partition coefficient (Wildman–Crippen LogP) is 1.99. The van der Waals surface area contributed by atoms with Gasteiger partial charge in [0, 0.05) is 54.7 Å². The smallest absolute Gasteiger partial charge is 0.209 e. The van der Waals surface area contributed by atoms with Crippen molar-refractivity contribution in [1.82, 2.24) is 0 Å². The van der Waals surface area contributed by atoms with E-state index in [1.165, 1.54) is 33.9 Å². The molecule has 2 heterocycles. The van der Waals surface area contributed by atoms with Crippen molar-refractivity contribution in [2.24, 2.45) is 5.73 Å². The number of ether oxygens (including phenoxy) is 6. The normalized spacial score (nSPS) is 17.0. The molecule has 2 aliphatic heterocycles. The Morgan fingerprint density at radius 3 is 1.92 bits per heavy atom. The molecule has 2 N–H and O–H groups in total. The number of hydrogen-bond acceptors (Lipinski definition) is 8. The number of methoxy groups -OCH3 is 1. The average Bonchev–Trinajstić information content (AvgIpc) is 3.42. The Hall–Kier alpha value is -2.60. The lowest BCUT2D eigenvalue weighted by atomic mass is 9.81. The Morgan fingerprint density at radius 1 is 0.688 bits per heavy atom. The third-order valence-electron chi connectivity index (χ3n) is 8.84. The summed E-state index contributed by atoms with van der Waals surface area (Å²) < 4.78 is 35.9. The lowest BCUT2D eigenvalue weighted by Crippen LogP contribution is -3.00. The summed E-state index contributed by atoms with van der Waals surface area (Å²) in [6.07, 6.45) is 6.78. The van der Waals surface area contributed by atoms with Crippen LogP contribution in [-0.2, 0) is 39.3 Å². The minimum absolute atomic E-state index is 0. The van der Waals surface area contributed by atoms with Gasteiger partial charge in [-0.15, -0.1) is 0 Å². The van der Waals surface area contributed by atoms with E-state index in [2.05, 4.69) is 104 Å². The van der Waals surface area contributed by atoms with Gasteiger partial charge in [0.05, 0.1) is 71.5 Å². The highest BCUT2D eigenvalue weighted by Crippen LogP contribution is 2.47. The molecule has 48 heavy (non-hydrogen) atoms. The first-order valence-electron chi connectivity index (χ1n) is 16.9. The maximum atomic E-state index is 6.00. The first kappa shape index (κ1) is 39.8. The summed E-state index contributed by atoms with van der Waals surface area (Å²) in [6.45, 7) is 17.5. The van der Waals surface area contributed by atoms with Crippen molar-refractivity contribution < 1.29 is 45.4 Å². The molecule has 266 valence electrons. The van der Waals surface area contributed by atoms with Crippen molar-refractivity contribution in [2.45, 2.75) is 38.5 Å². The summed E-state index contributed by atoms with van der Waals surface area (Å²) in [6, 6.07) is 17.4. The minimum atomic E-state index is -0.148. The van der Waals surface area contributed by atoms with E-state index in [1.54, 1.807) is 7.11 Å². The predicted molar refractivity (Wildman–Crippen MR) is 188 cm³/mol. The maximum Gasteiger partial charge on any atom is 0.209 e. The molecule has 0 saturated carbocycles. The lowest BCUT2D eigenvalue weighted by Gasteiger charge is -2.27. The molecule has 0 fully saturated rings. The molecule has 2 aromatic rings. The number of para-hydroxylation sites is 2. The summed E-state index contributed by atoms with van der Waals surface area (Å²) in [5, 5.41) is 0.